The fourth-order valence-electron chi connectivity index (χ4n) is 1.72. The van der Waals surface area contributed by atoms with Gasteiger partial charge in [-0.2, -0.15) is 4.68 Å². The highest BCUT2D eigenvalue weighted by Crippen LogP contribution is 2.22. The third-order valence-corrected chi connectivity index (χ3v) is 4.33. The van der Waals surface area contributed by atoms with E-state index in [1.807, 2.05) is 0 Å². The van der Waals surface area contributed by atoms with E-state index >= 15 is 0 Å². The molecule has 3 aromatic rings. The van der Waals surface area contributed by atoms with Crippen molar-refractivity contribution in [3.8, 4) is 0 Å². The Balaban J connectivity index is 1.81. The minimum atomic E-state index is -0.507. The van der Waals surface area contributed by atoms with Crippen molar-refractivity contribution in [3.63, 3.8) is 0 Å². The number of carbonyl (C=O) groups excluding carboxylic acids is 1. The number of hydrogen-bond acceptors (Lipinski definition) is 6. The number of carbonyl (C=O) groups is 1. The first kappa shape index (κ1) is 13.9. The first-order valence-electron chi connectivity index (χ1n) is 5.90. The van der Waals surface area contributed by atoms with Crippen molar-refractivity contribution in [2.75, 3.05) is 0 Å². The summed E-state index contributed by atoms with van der Waals surface area (Å²) in [5, 5.41) is 8.09. The molecule has 0 amide bonds. The summed E-state index contributed by atoms with van der Waals surface area (Å²) >= 11 is 4.52. The van der Waals surface area contributed by atoms with E-state index in [-0.39, 0.29) is 12.3 Å². The first-order chi connectivity index (χ1) is 10.1. The summed E-state index contributed by atoms with van der Waals surface area (Å²) in [5.74, 6) is -0.507. The van der Waals surface area contributed by atoms with Gasteiger partial charge in [-0.25, -0.2) is 4.79 Å². The van der Waals surface area contributed by atoms with Gasteiger partial charge < -0.3 is 4.74 Å². The number of ether oxygens (including phenoxy) is 1. The third kappa shape index (κ3) is 2.86. The molecule has 2 heterocycles. The Kier molecular flexibility index (Phi) is 3.80. The van der Waals surface area contributed by atoms with Crippen LogP contribution in [0.5, 0.6) is 0 Å². The Morgan fingerprint density at radius 1 is 1.29 bits per heavy atom. The summed E-state index contributed by atoms with van der Waals surface area (Å²) in [6.07, 6.45) is 0. The number of nitrogens with zero attached hydrogens (tertiary/aromatic N) is 3. The van der Waals surface area contributed by atoms with Crippen LogP contribution in [-0.2, 0) is 11.5 Å². The molecule has 1 aromatic carbocycles. The largest absolute Gasteiger partial charge is 0.438 e. The molecule has 6 nitrogen and oxygen atoms in total. The van der Waals surface area contributed by atoms with E-state index in [2.05, 4.69) is 26.2 Å². The van der Waals surface area contributed by atoms with Crippen LogP contribution in [0.15, 0.2) is 45.0 Å². The van der Waals surface area contributed by atoms with Crippen LogP contribution < -0.4 is 5.56 Å². The highest BCUT2D eigenvalue weighted by atomic mass is 79.9. The van der Waals surface area contributed by atoms with Gasteiger partial charge in [0.2, 0.25) is 0 Å². The summed E-state index contributed by atoms with van der Waals surface area (Å²) in [5.41, 5.74) is 0.160. The number of halogens is 1. The predicted molar refractivity (Wildman–Crippen MR) is 81.2 cm³/mol. The molecule has 0 aliphatic heterocycles. The average Bonchev–Trinajstić information content (AvgIpc) is 2.93. The van der Waals surface area contributed by atoms with Crippen molar-refractivity contribution >= 4 is 44.1 Å². The number of rotatable bonds is 3. The van der Waals surface area contributed by atoms with Crippen molar-refractivity contribution in [2.24, 2.45) is 0 Å². The first-order valence-corrected chi connectivity index (χ1v) is 7.51. The van der Waals surface area contributed by atoms with Crippen LogP contribution in [0.1, 0.15) is 9.67 Å². The second kappa shape index (κ2) is 5.74. The zero-order valence-electron chi connectivity index (χ0n) is 10.5. The third-order valence-electron chi connectivity index (χ3n) is 2.72. The molecule has 0 bridgehead atoms. The van der Waals surface area contributed by atoms with Crippen LogP contribution in [0.4, 0.5) is 0 Å². The Morgan fingerprint density at radius 2 is 2.10 bits per heavy atom. The minimum Gasteiger partial charge on any atom is -0.438 e. The van der Waals surface area contributed by atoms with Gasteiger partial charge in [0.05, 0.1) is 9.17 Å². The normalized spacial score (nSPS) is 10.7. The molecule has 2 aromatic heterocycles. The van der Waals surface area contributed by atoms with Crippen molar-refractivity contribution in [1.82, 2.24) is 15.0 Å². The standard InChI is InChI=1S/C13H8BrN3O3S/c14-11-6-5-10(21-11)13(19)20-7-17-12(18)8-3-1-2-4-9(8)15-16-17/h1-6H,7H2. The fraction of sp³-hybridized carbons (Fsp3) is 0.0769. The molecule has 0 aliphatic rings. The summed E-state index contributed by atoms with van der Waals surface area (Å²) < 4.78 is 6.92. The van der Waals surface area contributed by atoms with Crippen LogP contribution in [0, 0.1) is 0 Å². The topological polar surface area (TPSA) is 74.1 Å². The van der Waals surface area contributed by atoms with E-state index in [9.17, 15) is 9.59 Å². The molecule has 0 saturated heterocycles. The lowest BCUT2D eigenvalue weighted by Crippen LogP contribution is -2.26. The summed E-state index contributed by atoms with van der Waals surface area (Å²) in [6.45, 7) is -0.273. The van der Waals surface area contributed by atoms with Gasteiger partial charge in [0.15, 0.2) is 6.73 Å². The Hall–Kier alpha value is -2.06. The molecule has 0 atom stereocenters. The SMILES string of the molecule is O=C(OCn1nnc2ccccc2c1=O)c1ccc(Br)s1. The molecule has 106 valence electrons. The van der Waals surface area contributed by atoms with E-state index in [1.54, 1.807) is 36.4 Å². The smallest absolute Gasteiger partial charge is 0.350 e. The molecule has 21 heavy (non-hydrogen) atoms. The maximum Gasteiger partial charge on any atom is 0.350 e. The molecule has 0 saturated carbocycles. The minimum absolute atomic E-state index is 0.273. The summed E-state index contributed by atoms with van der Waals surface area (Å²) in [6, 6.07) is 10.3. The van der Waals surface area contributed by atoms with Gasteiger partial charge in [-0.3, -0.25) is 4.79 Å². The molecule has 0 spiro atoms. The van der Waals surface area contributed by atoms with Gasteiger partial charge in [0, 0.05) is 0 Å². The van der Waals surface area contributed by atoms with E-state index in [0.717, 1.165) is 8.47 Å². The van der Waals surface area contributed by atoms with Crippen molar-refractivity contribution < 1.29 is 9.53 Å². The van der Waals surface area contributed by atoms with Gasteiger partial charge in [-0.1, -0.05) is 17.3 Å². The van der Waals surface area contributed by atoms with Crippen LogP contribution in [0.2, 0.25) is 0 Å². The molecular formula is C13H8BrN3O3S. The lowest BCUT2D eigenvalue weighted by atomic mass is 10.2. The van der Waals surface area contributed by atoms with Gasteiger partial charge in [0.25, 0.3) is 5.56 Å². The molecule has 0 aliphatic carbocycles. The summed E-state index contributed by atoms with van der Waals surface area (Å²) in [4.78, 5) is 24.4. The zero-order chi connectivity index (χ0) is 14.8. The lowest BCUT2D eigenvalue weighted by Gasteiger charge is -2.05. The van der Waals surface area contributed by atoms with Gasteiger partial charge >= 0.3 is 5.97 Å². The van der Waals surface area contributed by atoms with Crippen LogP contribution >= 0.6 is 27.3 Å². The quantitative estimate of drug-likeness (QED) is 0.666. The molecule has 8 heteroatoms. The molecule has 3 rings (SSSR count). The van der Waals surface area contributed by atoms with E-state index < -0.39 is 5.97 Å². The summed E-state index contributed by atoms with van der Waals surface area (Å²) in [7, 11) is 0. The van der Waals surface area contributed by atoms with Crippen molar-refractivity contribution in [3.05, 3.63) is 55.4 Å². The molecule has 0 N–H and O–H groups in total. The Labute approximate surface area is 131 Å². The number of benzene rings is 1. The maximum atomic E-state index is 12.1. The maximum absolute atomic E-state index is 12.1. The molecule has 0 radical (unpaired) electrons. The van der Waals surface area contributed by atoms with Gasteiger partial charge in [-0.15, -0.1) is 16.4 Å². The van der Waals surface area contributed by atoms with Crippen molar-refractivity contribution in [2.45, 2.75) is 6.73 Å². The second-order valence-corrected chi connectivity index (χ2v) is 6.54. The van der Waals surface area contributed by atoms with Crippen LogP contribution in [-0.4, -0.2) is 21.0 Å². The predicted octanol–water partition coefficient (Wildman–Crippen LogP) is 2.43. The monoisotopic (exact) mass is 365 g/mol. The molecular weight excluding hydrogens is 358 g/mol. The highest BCUT2D eigenvalue weighted by Gasteiger charge is 2.11. The second-order valence-electron chi connectivity index (χ2n) is 4.08. The molecule has 0 unspecified atom stereocenters. The molecule has 0 fully saturated rings. The van der Waals surface area contributed by atoms with E-state index in [4.69, 9.17) is 4.74 Å². The van der Waals surface area contributed by atoms with Crippen LogP contribution in [0.25, 0.3) is 10.9 Å². The van der Waals surface area contributed by atoms with Gasteiger partial charge in [-0.05, 0) is 40.2 Å². The number of hydrogen-bond donors (Lipinski definition) is 0. The number of fused-ring (bicyclic) bond motifs is 1. The highest BCUT2D eigenvalue weighted by molar-refractivity contribution is 9.11. The van der Waals surface area contributed by atoms with Crippen LogP contribution in [0.3, 0.4) is 0 Å². The Morgan fingerprint density at radius 3 is 2.86 bits per heavy atom. The van der Waals surface area contributed by atoms with E-state index in [1.165, 1.54) is 11.3 Å². The number of aromatic nitrogens is 3. The van der Waals surface area contributed by atoms with Crippen molar-refractivity contribution in [1.29, 1.82) is 0 Å². The average molecular weight is 366 g/mol. The van der Waals surface area contributed by atoms with E-state index in [0.29, 0.717) is 15.8 Å². The number of thiophene rings is 1. The van der Waals surface area contributed by atoms with Gasteiger partial charge in [0.1, 0.15) is 10.4 Å². The Bertz CT molecular complexity index is 874. The fourth-order valence-corrected chi connectivity index (χ4v) is 3.00. The zero-order valence-corrected chi connectivity index (χ0v) is 12.9. The number of esters is 1. The lowest BCUT2D eigenvalue weighted by molar-refractivity contribution is 0.0342.